The van der Waals surface area contributed by atoms with Gasteiger partial charge in [0, 0.05) is 23.9 Å². The van der Waals surface area contributed by atoms with Crippen LogP contribution in [-0.4, -0.2) is 41.5 Å². The molecule has 0 spiro atoms. The Morgan fingerprint density at radius 1 is 1.06 bits per heavy atom. The van der Waals surface area contributed by atoms with E-state index in [2.05, 4.69) is 10.3 Å². The summed E-state index contributed by atoms with van der Waals surface area (Å²) >= 11 is 2.93. The number of thioether (sulfide) groups is 2. The Morgan fingerprint density at radius 3 is 2.55 bits per heavy atom. The van der Waals surface area contributed by atoms with Crippen LogP contribution in [0.25, 0.3) is 0 Å². The predicted molar refractivity (Wildman–Crippen MR) is 124 cm³/mol. The Balaban J connectivity index is 1.65. The van der Waals surface area contributed by atoms with Crippen molar-refractivity contribution in [2.45, 2.75) is 15.7 Å². The number of carbonyl (C=O) groups excluding carboxylic acids is 2. The molecule has 0 atom stereocenters. The zero-order valence-corrected chi connectivity index (χ0v) is 18.8. The molecule has 0 saturated carbocycles. The first-order valence-electron chi connectivity index (χ1n) is 9.48. The zero-order chi connectivity index (χ0) is 22.2. The van der Waals surface area contributed by atoms with Gasteiger partial charge in [-0.15, -0.1) is 23.5 Å². The molecule has 1 heterocycles. The fraction of sp³-hybridized carbons (Fsp3) is 0.174. The van der Waals surface area contributed by atoms with Crippen LogP contribution < -0.4 is 5.32 Å². The van der Waals surface area contributed by atoms with Gasteiger partial charge in [0.25, 0.3) is 5.91 Å². The van der Waals surface area contributed by atoms with E-state index in [9.17, 15) is 14.0 Å². The number of hydrogen-bond acceptors (Lipinski definition) is 5. The zero-order valence-electron chi connectivity index (χ0n) is 17.2. The lowest BCUT2D eigenvalue weighted by Crippen LogP contribution is -2.35. The molecule has 2 amide bonds. The molecule has 1 aromatic heterocycles. The van der Waals surface area contributed by atoms with Crippen LogP contribution in [0.2, 0.25) is 0 Å². The summed E-state index contributed by atoms with van der Waals surface area (Å²) in [7, 11) is 1.59. The average molecular weight is 456 g/mol. The van der Waals surface area contributed by atoms with Crippen LogP contribution in [0.5, 0.6) is 0 Å². The van der Waals surface area contributed by atoms with Gasteiger partial charge < -0.3 is 10.2 Å². The van der Waals surface area contributed by atoms with Crippen molar-refractivity contribution in [3.05, 3.63) is 83.8 Å². The SMILES string of the molecule is CSc1ccccc1NC(=O)CN(C)C(=O)c1cccnc1SCc1ccc(F)cc1. The van der Waals surface area contributed by atoms with Crippen LogP contribution in [0.3, 0.4) is 0 Å². The highest BCUT2D eigenvalue weighted by Gasteiger charge is 2.19. The number of halogens is 1. The first kappa shape index (κ1) is 22.8. The molecule has 2 aromatic carbocycles. The number of anilines is 1. The van der Waals surface area contributed by atoms with E-state index in [-0.39, 0.29) is 24.2 Å². The summed E-state index contributed by atoms with van der Waals surface area (Å²) in [6.45, 7) is -0.0848. The van der Waals surface area contributed by atoms with Gasteiger partial charge in [-0.05, 0) is 48.2 Å². The lowest BCUT2D eigenvalue weighted by molar-refractivity contribution is -0.116. The Bertz CT molecular complexity index is 1060. The molecule has 0 fully saturated rings. The van der Waals surface area contributed by atoms with Gasteiger partial charge in [0.2, 0.25) is 5.91 Å². The molecule has 0 bridgehead atoms. The van der Waals surface area contributed by atoms with Gasteiger partial charge in [-0.3, -0.25) is 9.59 Å². The van der Waals surface area contributed by atoms with Gasteiger partial charge in [0.1, 0.15) is 10.8 Å². The van der Waals surface area contributed by atoms with Crippen LogP contribution in [0.1, 0.15) is 15.9 Å². The second-order valence-corrected chi connectivity index (χ2v) is 8.49. The third-order valence-electron chi connectivity index (χ3n) is 4.40. The first-order valence-corrected chi connectivity index (χ1v) is 11.7. The van der Waals surface area contributed by atoms with Crippen molar-refractivity contribution in [1.29, 1.82) is 0 Å². The predicted octanol–water partition coefficient (Wildman–Crippen LogP) is 4.95. The van der Waals surface area contributed by atoms with Gasteiger partial charge in [-0.25, -0.2) is 9.37 Å². The number of nitrogens with one attached hydrogen (secondary N) is 1. The Morgan fingerprint density at radius 2 is 1.81 bits per heavy atom. The molecule has 0 unspecified atom stereocenters. The number of para-hydroxylation sites is 1. The van der Waals surface area contributed by atoms with E-state index in [4.69, 9.17) is 0 Å². The summed E-state index contributed by atoms with van der Waals surface area (Å²) < 4.78 is 13.1. The number of benzene rings is 2. The summed E-state index contributed by atoms with van der Waals surface area (Å²) in [5, 5.41) is 3.43. The topological polar surface area (TPSA) is 62.3 Å². The summed E-state index contributed by atoms with van der Waals surface area (Å²) in [5.74, 6) is -0.306. The highest BCUT2D eigenvalue weighted by atomic mass is 32.2. The minimum atomic E-state index is -0.289. The lowest BCUT2D eigenvalue weighted by Gasteiger charge is -2.18. The number of pyridine rings is 1. The smallest absolute Gasteiger partial charge is 0.256 e. The molecule has 31 heavy (non-hydrogen) atoms. The third kappa shape index (κ3) is 6.32. The van der Waals surface area contributed by atoms with Crippen LogP contribution in [-0.2, 0) is 10.5 Å². The van der Waals surface area contributed by atoms with E-state index in [1.165, 1.54) is 40.6 Å². The maximum absolute atomic E-state index is 13.1. The number of aromatic nitrogens is 1. The summed E-state index contributed by atoms with van der Waals surface area (Å²) in [5.41, 5.74) is 2.07. The standard InChI is InChI=1S/C23H22FN3O2S2/c1-27(14-21(28)26-19-7-3-4-8-20(19)30-2)23(29)18-6-5-13-25-22(18)31-15-16-9-11-17(24)12-10-16/h3-13H,14-15H2,1-2H3,(H,26,28). The molecule has 0 saturated heterocycles. The second-order valence-electron chi connectivity index (χ2n) is 6.68. The highest BCUT2D eigenvalue weighted by molar-refractivity contribution is 7.98. The fourth-order valence-electron chi connectivity index (χ4n) is 2.83. The fourth-order valence-corrected chi connectivity index (χ4v) is 4.33. The minimum Gasteiger partial charge on any atom is -0.332 e. The van der Waals surface area contributed by atoms with Crippen molar-refractivity contribution < 1.29 is 14.0 Å². The van der Waals surface area contributed by atoms with Gasteiger partial charge in [-0.1, -0.05) is 24.3 Å². The number of nitrogens with zero attached hydrogens (tertiary/aromatic N) is 2. The van der Waals surface area contributed by atoms with E-state index in [0.29, 0.717) is 16.3 Å². The Labute approximate surface area is 189 Å². The average Bonchev–Trinajstić information content (AvgIpc) is 2.78. The molecular formula is C23H22FN3O2S2. The number of rotatable bonds is 8. The molecule has 0 radical (unpaired) electrons. The lowest BCUT2D eigenvalue weighted by atomic mass is 10.2. The van der Waals surface area contributed by atoms with Gasteiger partial charge in [-0.2, -0.15) is 0 Å². The third-order valence-corrected chi connectivity index (χ3v) is 6.27. The van der Waals surface area contributed by atoms with Crippen molar-refractivity contribution in [3.8, 4) is 0 Å². The van der Waals surface area contributed by atoms with Crippen LogP contribution in [0.15, 0.2) is 76.8 Å². The van der Waals surface area contributed by atoms with E-state index in [1.807, 2.05) is 30.5 Å². The molecule has 0 aliphatic rings. The molecule has 0 aliphatic carbocycles. The van der Waals surface area contributed by atoms with E-state index in [0.717, 1.165) is 16.1 Å². The van der Waals surface area contributed by atoms with Crippen molar-refractivity contribution >= 4 is 41.0 Å². The van der Waals surface area contributed by atoms with Gasteiger partial charge in [0.05, 0.1) is 17.8 Å². The number of carbonyl (C=O) groups is 2. The molecule has 5 nitrogen and oxygen atoms in total. The number of hydrogen-bond donors (Lipinski definition) is 1. The van der Waals surface area contributed by atoms with Crippen LogP contribution >= 0.6 is 23.5 Å². The molecule has 160 valence electrons. The number of amides is 2. The summed E-state index contributed by atoms with van der Waals surface area (Å²) in [4.78, 5) is 32.1. The minimum absolute atomic E-state index is 0.0848. The molecule has 8 heteroatoms. The van der Waals surface area contributed by atoms with Crippen LogP contribution in [0.4, 0.5) is 10.1 Å². The van der Waals surface area contributed by atoms with Crippen molar-refractivity contribution in [2.75, 3.05) is 25.2 Å². The van der Waals surface area contributed by atoms with Gasteiger partial charge >= 0.3 is 0 Å². The summed E-state index contributed by atoms with van der Waals surface area (Å²) in [6.07, 6.45) is 3.56. The molecule has 1 N–H and O–H groups in total. The summed E-state index contributed by atoms with van der Waals surface area (Å²) in [6, 6.07) is 17.1. The largest absolute Gasteiger partial charge is 0.332 e. The van der Waals surface area contributed by atoms with Crippen LogP contribution in [0, 0.1) is 5.82 Å². The van der Waals surface area contributed by atoms with E-state index >= 15 is 0 Å². The highest BCUT2D eigenvalue weighted by Crippen LogP contribution is 2.26. The van der Waals surface area contributed by atoms with Crippen molar-refractivity contribution in [1.82, 2.24) is 9.88 Å². The molecule has 3 aromatic rings. The monoisotopic (exact) mass is 455 g/mol. The van der Waals surface area contributed by atoms with E-state index < -0.39 is 0 Å². The second kappa shape index (κ2) is 11.0. The maximum atomic E-state index is 13.1. The molecular weight excluding hydrogens is 433 g/mol. The quantitative estimate of drug-likeness (QED) is 0.487. The normalized spacial score (nSPS) is 10.5. The first-order chi connectivity index (χ1) is 15.0. The Hall–Kier alpha value is -2.84. The molecule has 3 rings (SSSR count). The molecule has 0 aliphatic heterocycles. The maximum Gasteiger partial charge on any atom is 0.256 e. The van der Waals surface area contributed by atoms with Gasteiger partial charge in [0.15, 0.2) is 0 Å². The van der Waals surface area contributed by atoms with Crippen molar-refractivity contribution in [3.63, 3.8) is 0 Å². The van der Waals surface area contributed by atoms with Crippen molar-refractivity contribution in [2.24, 2.45) is 0 Å². The van der Waals surface area contributed by atoms with E-state index in [1.54, 1.807) is 37.5 Å². The number of likely N-dealkylation sites (N-methyl/N-ethyl adjacent to an activating group) is 1. The Kier molecular flexibility index (Phi) is 8.08.